The largest absolute Gasteiger partial charge is 0.490 e. The van der Waals surface area contributed by atoms with Gasteiger partial charge in [-0.25, -0.2) is 0 Å². The van der Waals surface area contributed by atoms with Gasteiger partial charge in [0.25, 0.3) is 5.91 Å². The van der Waals surface area contributed by atoms with Gasteiger partial charge in [-0.2, -0.15) is 5.26 Å². The highest BCUT2D eigenvalue weighted by atomic mass is 127. The van der Waals surface area contributed by atoms with E-state index in [1.807, 2.05) is 43.3 Å². The van der Waals surface area contributed by atoms with Crippen molar-refractivity contribution in [1.82, 2.24) is 5.32 Å². The second kappa shape index (κ2) is 11.5. The van der Waals surface area contributed by atoms with Crippen molar-refractivity contribution in [3.8, 4) is 17.6 Å². The maximum Gasteiger partial charge on any atom is 0.262 e. The number of carbonyl (C=O) groups excluding carboxylic acids is 1. The molecule has 1 aliphatic rings. The Morgan fingerprint density at radius 1 is 1.26 bits per heavy atom. The fourth-order valence-electron chi connectivity index (χ4n) is 3.46. The third kappa shape index (κ3) is 6.71. The first-order chi connectivity index (χ1) is 15.0. The zero-order valence-electron chi connectivity index (χ0n) is 17.3. The minimum absolute atomic E-state index is 0.0776. The van der Waals surface area contributed by atoms with Gasteiger partial charge in [-0.3, -0.25) is 4.79 Å². The quantitative estimate of drug-likeness (QED) is 0.231. The summed E-state index contributed by atoms with van der Waals surface area (Å²) in [6, 6.07) is 13.9. The summed E-state index contributed by atoms with van der Waals surface area (Å²) in [5.41, 5.74) is 1.82. The first-order valence-corrected chi connectivity index (χ1v) is 12.1. The molecule has 0 unspecified atom stereocenters. The highest BCUT2D eigenvalue weighted by Crippen LogP contribution is 2.38. The van der Waals surface area contributed by atoms with Gasteiger partial charge in [0.15, 0.2) is 11.5 Å². The molecule has 0 radical (unpaired) electrons. The number of nitrogens with zero attached hydrogens (tertiary/aromatic N) is 1. The summed E-state index contributed by atoms with van der Waals surface area (Å²) in [6.45, 7) is 2.76. The lowest BCUT2D eigenvalue weighted by molar-refractivity contribution is -0.117. The topological polar surface area (TPSA) is 71.3 Å². The van der Waals surface area contributed by atoms with Crippen LogP contribution < -0.4 is 14.8 Å². The van der Waals surface area contributed by atoms with Crippen LogP contribution in [0, 0.1) is 14.9 Å². The van der Waals surface area contributed by atoms with E-state index in [4.69, 9.17) is 9.47 Å². The van der Waals surface area contributed by atoms with Crippen LogP contribution in [0.2, 0.25) is 0 Å². The maximum absolute atomic E-state index is 12.5. The number of halogens is 2. The Morgan fingerprint density at radius 2 is 1.97 bits per heavy atom. The van der Waals surface area contributed by atoms with Gasteiger partial charge in [0.1, 0.15) is 18.2 Å². The third-order valence-corrected chi connectivity index (χ3v) is 6.30. The van der Waals surface area contributed by atoms with Crippen LogP contribution in [-0.2, 0) is 11.4 Å². The Balaban J connectivity index is 1.80. The molecular formula is C24H24BrIN2O3. The van der Waals surface area contributed by atoms with Crippen LogP contribution in [0.15, 0.2) is 46.4 Å². The van der Waals surface area contributed by atoms with E-state index in [1.165, 1.54) is 3.57 Å². The first-order valence-electron chi connectivity index (χ1n) is 10.3. The molecule has 3 rings (SSSR count). The van der Waals surface area contributed by atoms with Crippen LogP contribution in [-0.4, -0.2) is 18.6 Å². The monoisotopic (exact) mass is 594 g/mol. The molecule has 0 aromatic heterocycles. The molecule has 1 N–H and O–H groups in total. The Kier molecular flexibility index (Phi) is 8.79. The van der Waals surface area contributed by atoms with Crippen molar-refractivity contribution in [3.63, 3.8) is 0 Å². The number of nitrogens with one attached hydrogen (secondary N) is 1. The summed E-state index contributed by atoms with van der Waals surface area (Å²) in [7, 11) is 0. The standard InChI is InChI=1S/C24H24BrIN2O3/c1-2-30-22-13-17(11-18(14-27)24(29)28-20-5-3-4-6-20)12-21(25)23(22)31-15-16-7-9-19(26)10-8-16/h7-13,20H,2-6,15H2,1H3,(H,28,29)/b18-11-. The normalized spacial score (nSPS) is 14.2. The zero-order valence-corrected chi connectivity index (χ0v) is 21.0. The number of hydrogen-bond donors (Lipinski definition) is 1. The van der Waals surface area contributed by atoms with Crippen molar-refractivity contribution in [2.75, 3.05) is 6.61 Å². The molecule has 31 heavy (non-hydrogen) atoms. The minimum Gasteiger partial charge on any atom is -0.490 e. The van der Waals surface area contributed by atoms with E-state index < -0.39 is 0 Å². The van der Waals surface area contributed by atoms with Gasteiger partial charge in [-0.15, -0.1) is 0 Å². The predicted molar refractivity (Wildman–Crippen MR) is 133 cm³/mol. The molecule has 1 fully saturated rings. The average molecular weight is 595 g/mol. The second-order valence-electron chi connectivity index (χ2n) is 7.30. The molecule has 1 saturated carbocycles. The summed E-state index contributed by atoms with van der Waals surface area (Å²) in [5, 5.41) is 12.5. The Hall–Kier alpha value is -2.05. The van der Waals surface area contributed by atoms with Crippen LogP contribution >= 0.6 is 38.5 Å². The van der Waals surface area contributed by atoms with Crippen LogP contribution in [0.3, 0.4) is 0 Å². The number of rotatable bonds is 8. The van der Waals surface area contributed by atoms with Crippen molar-refractivity contribution in [2.24, 2.45) is 0 Å². The molecule has 2 aromatic carbocycles. The average Bonchev–Trinajstić information content (AvgIpc) is 3.26. The molecule has 5 nitrogen and oxygen atoms in total. The van der Waals surface area contributed by atoms with Gasteiger partial charge in [0, 0.05) is 9.61 Å². The van der Waals surface area contributed by atoms with E-state index in [9.17, 15) is 10.1 Å². The molecular weight excluding hydrogens is 571 g/mol. The highest BCUT2D eigenvalue weighted by Gasteiger charge is 2.20. The van der Waals surface area contributed by atoms with E-state index >= 15 is 0 Å². The van der Waals surface area contributed by atoms with Gasteiger partial charge in [-0.05, 0) is 99.8 Å². The van der Waals surface area contributed by atoms with Gasteiger partial charge in [-0.1, -0.05) is 25.0 Å². The van der Waals surface area contributed by atoms with Crippen LogP contribution in [0.25, 0.3) is 6.08 Å². The van der Waals surface area contributed by atoms with Crippen molar-refractivity contribution >= 4 is 50.5 Å². The van der Waals surface area contributed by atoms with Crippen molar-refractivity contribution < 1.29 is 14.3 Å². The second-order valence-corrected chi connectivity index (χ2v) is 9.40. The van der Waals surface area contributed by atoms with Crippen molar-refractivity contribution in [3.05, 3.63) is 61.1 Å². The molecule has 7 heteroatoms. The molecule has 2 aromatic rings. The Morgan fingerprint density at radius 3 is 2.61 bits per heavy atom. The van der Waals surface area contributed by atoms with Gasteiger partial charge in [0.05, 0.1) is 11.1 Å². The smallest absolute Gasteiger partial charge is 0.262 e. The third-order valence-electron chi connectivity index (χ3n) is 4.99. The molecule has 0 aliphatic heterocycles. The molecule has 0 atom stereocenters. The van der Waals surface area contributed by atoms with E-state index in [2.05, 4.69) is 43.8 Å². The SMILES string of the molecule is CCOc1cc(/C=C(/C#N)C(=O)NC2CCCC2)cc(Br)c1OCc1ccc(I)cc1. The summed E-state index contributed by atoms with van der Waals surface area (Å²) >= 11 is 5.82. The fraction of sp³-hybridized carbons (Fsp3) is 0.333. The molecule has 0 heterocycles. The van der Waals surface area contributed by atoms with Crippen LogP contribution in [0.1, 0.15) is 43.7 Å². The summed E-state index contributed by atoms with van der Waals surface area (Å²) in [6.07, 6.45) is 5.75. The number of hydrogen-bond acceptors (Lipinski definition) is 4. The predicted octanol–water partition coefficient (Wildman–Crippen LogP) is 6.00. The molecule has 1 amide bonds. The minimum atomic E-state index is -0.331. The van der Waals surface area contributed by atoms with E-state index in [1.54, 1.807) is 12.1 Å². The van der Waals surface area contributed by atoms with Crippen molar-refractivity contribution in [1.29, 1.82) is 5.26 Å². The molecule has 0 saturated heterocycles. The number of carbonyl (C=O) groups is 1. The number of nitriles is 1. The van der Waals surface area contributed by atoms with E-state index in [0.29, 0.717) is 34.7 Å². The van der Waals surface area contributed by atoms with Gasteiger partial charge < -0.3 is 14.8 Å². The zero-order chi connectivity index (χ0) is 22.2. The Bertz CT molecular complexity index is 993. The highest BCUT2D eigenvalue weighted by molar-refractivity contribution is 14.1. The summed E-state index contributed by atoms with van der Waals surface area (Å²) in [4.78, 5) is 12.5. The van der Waals surface area contributed by atoms with Crippen LogP contribution in [0.4, 0.5) is 0 Å². The lowest BCUT2D eigenvalue weighted by Gasteiger charge is -2.15. The first kappa shape index (κ1) is 23.6. The maximum atomic E-state index is 12.5. The van der Waals surface area contributed by atoms with E-state index in [-0.39, 0.29) is 17.5 Å². The molecule has 0 spiro atoms. The molecule has 0 bridgehead atoms. The van der Waals surface area contributed by atoms with Gasteiger partial charge in [0.2, 0.25) is 0 Å². The lowest BCUT2D eigenvalue weighted by Crippen LogP contribution is -2.33. The fourth-order valence-corrected chi connectivity index (χ4v) is 4.39. The van der Waals surface area contributed by atoms with Gasteiger partial charge >= 0.3 is 0 Å². The number of benzene rings is 2. The van der Waals surface area contributed by atoms with Crippen molar-refractivity contribution in [2.45, 2.75) is 45.3 Å². The molecule has 162 valence electrons. The Labute approximate surface area is 205 Å². The van der Waals surface area contributed by atoms with Crippen LogP contribution in [0.5, 0.6) is 11.5 Å². The lowest BCUT2D eigenvalue weighted by atomic mass is 10.1. The molecule has 1 aliphatic carbocycles. The summed E-state index contributed by atoms with van der Waals surface area (Å²) < 4.78 is 13.7. The van der Waals surface area contributed by atoms with E-state index in [0.717, 1.165) is 31.2 Å². The number of amides is 1. The summed E-state index contributed by atoms with van der Waals surface area (Å²) in [5.74, 6) is 0.816. The number of ether oxygens (including phenoxy) is 2.